The van der Waals surface area contributed by atoms with Crippen LogP contribution in [0.5, 0.6) is 0 Å². The molecule has 0 N–H and O–H groups in total. The number of likely N-dealkylation sites (N-methyl/N-ethyl adjacent to an activating group) is 1. The average Bonchev–Trinajstić information content (AvgIpc) is 3.29. The second-order valence-electron chi connectivity index (χ2n) is 7.95. The Hall–Kier alpha value is -2.78. The third kappa shape index (κ3) is 4.99. The Balaban J connectivity index is 1.64. The lowest BCUT2D eigenvalue weighted by Crippen LogP contribution is -2.39. The van der Waals surface area contributed by atoms with Crippen molar-refractivity contribution < 1.29 is 27.2 Å². The van der Waals surface area contributed by atoms with E-state index in [0.717, 1.165) is 12.1 Å². The van der Waals surface area contributed by atoms with Gasteiger partial charge in [0.05, 0.1) is 0 Å². The number of likely N-dealkylation sites (tertiary alicyclic amines) is 1. The first kappa shape index (κ1) is 20.9. The summed E-state index contributed by atoms with van der Waals surface area (Å²) >= 11 is 0. The fraction of sp³-hybridized carbons (Fsp3) is 0.526. The lowest BCUT2D eigenvalue weighted by atomic mass is 10.1. The molecule has 1 aliphatic heterocycles. The average molecular weight is 412 g/mol. The standard InChI is InChI=1S/C19H23F3N4O3/c1-18(2,3)28-17(27)26-10-9-14(11-26)25(4)13-7-5-12(6-8-13)15-23-16(29-24-15)19(20,21)22/h5-8,14H,9-11H2,1-4H3/t14-/m0/s1. The number of benzene rings is 1. The summed E-state index contributed by atoms with van der Waals surface area (Å²) in [7, 11) is 1.91. The Morgan fingerprint density at radius 2 is 1.90 bits per heavy atom. The summed E-state index contributed by atoms with van der Waals surface area (Å²) in [5.41, 5.74) is 0.741. The number of nitrogens with zero attached hydrogens (tertiary/aromatic N) is 4. The molecule has 1 aromatic carbocycles. The highest BCUT2D eigenvalue weighted by atomic mass is 19.4. The molecule has 0 bridgehead atoms. The van der Waals surface area contributed by atoms with Crippen molar-refractivity contribution in [1.82, 2.24) is 15.0 Å². The van der Waals surface area contributed by atoms with E-state index in [1.165, 1.54) is 0 Å². The molecule has 29 heavy (non-hydrogen) atoms. The molecule has 2 aromatic rings. The minimum absolute atomic E-state index is 0.107. The minimum atomic E-state index is -4.67. The highest BCUT2D eigenvalue weighted by Crippen LogP contribution is 2.30. The Labute approximate surface area is 166 Å². The van der Waals surface area contributed by atoms with Gasteiger partial charge in [-0.05, 0) is 51.5 Å². The minimum Gasteiger partial charge on any atom is -0.444 e. The number of anilines is 1. The van der Waals surface area contributed by atoms with Crippen LogP contribution in [0, 0.1) is 0 Å². The van der Waals surface area contributed by atoms with Crippen LogP contribution in [0.4, 0.5) is 23.7 Å². The molecule has 1 fully saturated rings. The quantitative estimate of drug-likeness (QED) is 0.753. The molecule has 7 nitrogen and oxygen atoms in total. The molecule has 3 rings (SSSR count). The van der Waals surface area contributed by atoms with Crippen LogP contribution in [0.2, 0.25) is 0 Å². The first-order valence-corrected chi connectivity index (χ1v) is 9.16. The predicted octanol–water partition coefficient (Wildman–Crippen LogP) is 4.20. The van der Waals surface area contributed by atoms with Gasteiger partial charge in [0.15, 0.2) is 0 Å². The van der Waals surface area contributed by atoms with E-state index in [0.29, 0.717) is 18.7 Å². The lowest BCUT2D eigenvalue weighted by molar-refractivity contribution is -0.159. The molecule has 1 amide bonds. The van der Waals surface area contributed by atoms with Crippen LogP contribution in [0.25, 0.3) is 11.4 Å². The predicted molar refractivity (Wildman–Crippen MR) is 99.4 cm³/mol. The Morgan fingerprint density at radius 1 is 1.24 bits per heavy atom. The zero-order chi connectivity index (χ0) is 21.4. The van der Waals surface area contributed by atoms with Gasteiger partial charge in [0.25, 0.3) is 0 Å². The van der Waals surface area contributed by atoms with Crippen LogP contribution in [0.3, 0.4) is 0 Å². The van der Waals surface area contributed by atoms with Gasteiger partial charge < -0.3 is 19.1 Å². The Morgan fingerprint density at radius 3 is 2.45 bits per heavy atom. The lowest BCUT2D eigenvalue weighted by Gasteiger charge is -2.28. The topological polar surface area (TPSA) is 71.7 Å². The fourth-order valence-electron chi connectivity index (χ4n) is 3.06. The molecule has 1 saturated heterocycles. The molecular weight excluding hydrogens is 389 g/mol. The molecule has 1 atom stereocenters. The van der Waals surface area contributed by atoms with E-state index >= 15 is 0 Å². The maximum atomic E-state index is 12.6. The van der Waals surface area contributed by atoms with Crippen LogP contribution < -0.4 is 4.90 Å². The molecule has 0 saturated carbocycles. The second-order valence-corrected chi connectivity index (χ2v) is 7.95. The normalized spacial score (nSPS) is 17.5. The van der Waals surface area contributed by atoms with Crippen LogP contribution in [0.1, 0.15) is 33.1 Å². The number of hydrogen-bond donors (Lipinski definition) is 0. The maximum Gasteiger partial charge on any atom is 0.471 e. The number of rotatable bonds is 3. The number of hydrogen-bond acceptors (Lipinski definition) is 6. The molecule has 10 heteroatoms. The van der Waals surface area contributed by atoms with Gasteiger partial charge >= 0.3 is 18.2 Å². The van der Waals surface area contributed by atoms with Gasteiger partial charge in [-0.2, -0.15) is 18.2 Å². The van der Waals surface area contributed by atoms with Crippen LogP contribution >= 0.6 is 0 Å². The summed E-state index contributed by atoms with van der Waals surface area (Å²) in [6, 6.07) is 6.93. The molecule has 1 aliphatic rings. The number of alkyl halides is 3. The van der Waals surface area contributed by atoms with E-state index in [1.807, 2.05) is 32.7 Å². The van der Waals surface area contributed by atoms with Crippen molar-refractivity contribution >= 4 is 11.8 Å². The van der Waals surface area contributed by atoms with Crippen molar-refractivity contribution in [2.75, 3.05) is 25.0 Å². The summed E-state index contributed by atoms with van der Waals surface area (Å²) in [6.45, 7) is 6.62. The number of carbonyl (C=O) groups is 1. The van der Waals surface area contributed by atoms with E-state index in [9.17, 15) is 18.0 Å². The van der Waals surface area contributed by atoms with Gasteiger partial charge in [-0.15, -0.1) is 0 Å². The summed E-state index contributed by atoms with van der Waals surface area (Å²) in [5.74, 6) is -1.50. The maximum absolute atomic E-state index is 12.6. The second kappa shape index (κ2) is 7.57. The smallest absolute Gasteiger partial charge is 0.444 e. The van der Waals surface area contributed by atoms with E-state index < -0.39 is 17.7 Å². The van der Waals surface area contributed by atoms with Gasteiger partial charge in [-0.25, -0.2) is 4.79 Å². The molecule has 0 radical (unpaired) electrons. The number of halogens is 3. The first-order valence-electron chi connectivity index (χ1n) is 9.16. The zero-order valence-electron chi connectivity index (χ0n) is 16.7. The molecule has 1 aromatic heterocycles. The zero-order valence-corrected chi connectivity index (χ0v) is 16.7. The van der Waals surface area contributed by atoms with Crippen molar-refractivity contribution in [3.63, 3.8) is 0 Å². The van der Waals surface area contributed by atoms with Gasteiger partial charge in [0, 0.05) is 37.4 Å². The summed E-state index contributed by atoms with van der Waals surface area (Å²) < 4.78 is 47.5. The SMILES string of the molecule is CN(c1ccc(-c2noc(C(F)(F)F)n2)cc1)[C@H]1CCN(C(=O)OC(C)(C)C)C1. The molecule has 0 spiro atoms. The Bertz CT molecular complexity index is 859. The fourth-order valence-corrected chi connectivity index (χ4v) is 3.06. The van der Waals surface area contributed by atoms with Gasteiger partial charge in [-0.1, -0.05) is 5.16 Å². The van der Waals surface area contributed by atoms with Crippen LogP contribution in [-0.4, -0.2) is 52.9 Å². The largest absolute Gasteiger partial charge is 0.471 e. The van der Waals surface area contributed by atoms with E-state index in [-0.39, 0.29) is 18.0 Å². The molecular formula is C19H23F3N4O3. The molecule has 2 heterocycles. The number of carbonyl (C=O) groups excluding carboxylic acids is 1. The first-order chi connectivity index (χ1) is 13.4. The summed E-state index contributed by atoms with van der Waals surface area (Å²) in [6.07, 6.45) is -4.22. The van der Waals surface area contributed by atoms with Crippen molar-refractivity contribution in [3.05, 3.63) is 30.2 Å². The number of aromatic nitrogens is 2. The molecule has 0 unspecified atom stereocenters. The third-order valence-corrected chi connectivity index (χ3v) is 4.56. The van der Waals surface area contributed by atoms with Gasteiger partial charge in [0.2, 0.25) is 5.82 Å². The van der Waals surface area contributed by atoms with Crippen molar-refractivity contribution in [2.24, 2.45) is 0 Å². The Kier molecular flexibility index (Phi) is 5.46. The van der Waals surface area contributed by atoms with Gasteiger partial charge in [0.1, 0.15) is 5.60 Å². The van der Waals surface area contributed by atoms with E-state index in [2.05, 4.69) is 14.7 Å². The van der Waals surface area contributed by atoms with Crippen molar-refractivity contribution in [3.8, 4) is 11.4 Å². The molecule has 0 aliphatic carbocycles. The van der Waals surface area contributed by atoms with Crippen molar-refractivity contribution in [2.45, 2.75) is 45.0 Å². The van der Waals surface area contributed by atoms with Gasteiger partial charge in [-0.3, -0.25) is 0 Å². The summed E-state index contributed by atoms with van der Waals surface area (Å²) in [4.78, 5) is 19.3. The van der Waals surface area contributed by atoms with E-state index in [1.54, 1.807) is 29.2 Å². The number of ether oxygens (including phenoxy) is 1. The monoisotopic (exact) mass is 412 g/mol. The highest BCUT2D eigenvalue weighted by molar-refractivity contribution is 5.69. The van der Waals surface area contributed by atoms with Crippen LogP contribution in [-0.2, 0) is 10.9 Å². The van der Waals surface area contributed by atoms with Crippen LogP contribution in [0.15, 0.2) is 28.8 Å². The molecule has 158 valence electrons. The summed E-state index contributed by atoms with van der Waals surface area (Å²) in [5, 5.41) is 3.39. The third-order valence-electron chi connectivity index (χ3n) is 4.56. The van der Waals surface area contributed by atoms with Crippen molar-refractivity contribution in [1.29, 1.82) is 0 Å². The number of amides is 1. The van der Waals surface area contributed by atoms with E-state index in [4.69, 9.17) is 4.74 Å². The highest BCUT2D eigenvalue weighted by Gasteiger charge is 2.38.